The normalized spacial score (nSPS) is 15.3. The molecular weight excluding hydrogens is 487 g/mol. The quantitative estimate of drug-likeness (QED) is 0.410. The van der Waals surface area contributed by atoms with E-state index in [2.05, 4.69) is 10.3 Å². The monoisotopic (exact) mass is 505 g/mol. The first kappa shape index (κ1) is 25.6. The number of ether oxygens (including phenoxy) is 1. The molecule has 1 saturated heterocycles. The molecular formula is C21H18F7N5O2. The average molecular weight is 505 g/mol. The molecule has 2 aromatic rings. The SMILES string of the molecule is N/C=C\C(=C/N)NC(=O)c1nc(C(F)(F)F)ccc1N1CC(Oc2cc(F)cc(C(F)(F)F)c2)C1. The summed E-state index contributed by atoms with van der Waals surface area (Å²) in [5.74, 6) is -2.52. The van der Waals surface area contributed by atoms with Gasteiger partial charge in [-0.05, 0) is 36.5 Å². The Morgan fingerprint density at radius 2 is 1.77 bits per heavy atom. The van der Waals surface area contributed by atoms with Crippen molar-refractivity contribution in [1.29, 1.82) is 0 Å². The lowest BCUT2D eigenvalue weighted by atomic mass is 10.1. The number of hydrogen-bond donors (Lipinski definition) is 3. The highest BCUT2D eigenvalue weighted by Gasteiger charge is 2.37. The second kappa shape index (κ2) is 9.72. The van der Waals surface area contributed by atoms with Crippen molar-refractivity contribution >= 4 is 11.6 Å². The van der Waals surface area contributed by atoms with E-state index in [-0.39, 0.29) is 30.2 Å². The van der Waals surface area contributed by atoms with Gasteiger partial charge in [0.2, 0.25) is 0 Å². The third kappa shape index (κ3) is 6.13. The Hall–Kier alpha value is -3.97. The highest BCUT2D eigenvalue weighted by atomic mass is 19.4. The number of benzene rings is 1. The van der Waals surface area contributed by atoms with E-state index in [0.717, 1.165) is 24.5 Å². The van der Waals surface area contributed by atoms with Gasteiger partial charge in [0.1, 0.15) is 23.4 Å². The molecule has 0 bridgehead atoms. The number of nitrogens with zero attached hydrogens (tertiary/aromatic N) is 2. The number of pyridine rings is 1. The second-order valence-electron chi connectivity index (χ2n) is 7.32. The summed E-state index contributed by atoms with van der Waals surface area (Å²) in [6, 6.07) is 3.46. The summed E-state index contributed by atoms with van der Waals surface area (Å²) in [6.07, 6.45) is -7.12. The van der Waals surface area contributed by atoms with Crippen LogP contribution in [0.25, 0.3) is 0 Å². The van der Waals surface area contributed by atoms with Crippen molar-refractivity contribution < 1.29 is 40.3 Å². The van der Waals surface area contributed by atoms with Crippen molar-refractivity contribution in [2.24, 2.45) is 11.5 Å². The fourth-order valence-corrected chi connectivity index (χ4v) is 3.16. The van der Waals surface area contributed by atoms with E-state index >= 15 is 0 Å². The maximum absolute atomic E-state index is 13.6. The minimum absolute atomic E-state index is 0.000876. The van der Waals surface area contributed by atoms with Crippen LogP contribution in [0.5, 0.6) is 5.75 Å². The summed E-state index contributed by atoms with van der Waals surface area (Å²) in [6.45, 7) is -0.0407. The van der Waals surface area contributed by atoms with Gasteiger partial charge in [-0.25, -0.2) is 9.37 Å². The Bertz CT molecular complexity index is 1160. The molecule has 2 heterocycles. The molecule has 0 aliphatic carbocycles. The molecule has 1 amide bonds. The van der Waals surface area contributed by atoms with Crippen LogP contribution in [0.4, 0.5) is 36.4 Å². The summed E-state index contributed by atoms with van der Waals surface area (Å²) in [5.41, 5.74) is 7.47. The lowest BCUT2D eigenvalue weighted by Gasteiger charge is -2.41. The van der Waals surface area contributed by atoms with Crippen LogP contribution in [0, 0.1) is 5.82 Å². The highest BCUT2D eigenvalue weighted by Crippen LogP contribution is 2.35. The fourth-order valence-electron chi connectivity index (χ4n) is 3.16. The van der Waals surface area contributed by atoms with Crippen molar-refractivity contribution in [1.82, 2.24) is 10.3 Å². The maximum atomic E-state index is 13.6. The fraction of sp³-hybridized carbons (Fsp3) is 0.238. The number of allylic oxidation sites excluding steroid dienone is 1. The van der Waals surface area contributed by atoms with Crippen LogP contribution in [-0.4, -0.2) is 30.1 Å². The summed E-state index contributed by atoms with van der Waals surface area (Å²) in [4.78, 5) is 17.5. The van der Waals surface area contributed by atoms with Gasteiger partial charge in [0, 0.05) is 12.3 Å². The summed E-state index contributed by atoms with van der Waals surface area (Å²) >= 11 is 0. The molecule has 5 N–H and O–H groups in total. The van der Waals surface area contributed by atoms with Crippen LogP contribution in [0.1, 0.15) is 21.7 Å². The molecule has 14 heteroatoms. The lowest BCUT2D eigenvalue weighted by Crippen LogP contribution is -2.54. The minimum atomic E-state index is -4.83. The first-order valence-electron chi connectivity index (χ1n) is 9.81. The van der Waals surface area contributed by atoms with Gasteiger partial charge in [-0.2, -0.15) is 26.3 Å². The van der Waals surface area contributed by atoms with E-state index in [1.54, 1.807) is 0 Å². The molecule has 0 unspecified atom stereocenters. The van der Waals surface area contributed by atoms with E-state index in [1.807, 2.05) is 0 Å². The van der Waals surface area contributed by atoms with E-state index < -0.39 is 47.1 Å². The summed E-state index contributed by atoms with van der Waals surface area (Å²) in [5, 5.41) is 2.28. The van der Waals surface area contributed by atoms with Crippen LogP contribution in [0.2, 0.25) is 0 Å². The number of carbonyl (C=O) groups is 1. The predicted octanol–water partition coefficient (Wildman–Crippen LogP) is 3.53. The van der Waals surface area contributed by atoms with Crippen LogP contribution < -0.4 is 26.4 Å². The first-order valence-corrected chi connectivity index (χ1v) is 9.81. The molecule has 1 fully saturated rings. The van der Waals surface area contributed by atoms with Gasteiger partial charge in [0.25, 0.3) is 5.91 Å². The van der Waals surface area contributed by atoms with E-state index in [1.165, 1.54) is 11.0 Å². The number of alkyl halides is 6. The van der Waals surface area contributed by atoms with Gasteiger partial charge in [-0.3, -0.25) is 4.79 Å². The summed E-state index contributed by atoms with van der Waals surface area (Å²) < 4.78 is 97.1. The third-order valence-electron chi connectivity index (χ3n) is 4.78. The summed E-state index contributed by atoms with van der Waals surface area (Å²) in [7, 11) is 0. The first-order chi connectivity index (χ1) is 16.3. The van der Waals surface area contributed by atoms with Crippen molar-refractivity contribution in [2.45, 2.75) is 18.5 Å². The molecule has 1 aromatic carbocycles. The maximum Gasteiger partial charge on any atom is 0.433 e. The van der Waals surface area contributed by atoms with Gasteiger partial charge in [-0.1, -0.05) is 0 Å². The van der Waals surface area contributed by atoms with Crippen molar-refractivity contribution in [3.8, 4) is 5.75 Å². The number of anilines is 1. The molecule has 0 saturated carbocycles. The van der Waals surface area contributed by atoms with Crippen molar-refractivity contribution in [2.75, 3.05) is 18.0 Å². The van der Waals surface area contributed by atoms with Gasteiger partial charge in [0.05, 0.1) is 30.0 Å². The van der Waals surface area contributed by atoms with Crippen LogP contribution in [0.3, 0.4) is 0 Å². The molecule has 3 rings (SSSR count). The number of aromatic nitrogens is 1. The zero-order valence-electron chi connectivity index (χ0n) is 17.6. The molecule has 188 valence electrons. The van der Waals surface area contributed by atoms with E-state index in [0.29, 0.717) is 18.2 Å². The van der Waals surface area contributed by atoms with Gasteiger partial charge in [-0.15, -0.1) is 0 Å². The molecule has 35 heavy (non-hydrogen) atoms. The van der Waals surface area contributed by atoms with E-state index in [4.69, 9.17) is 16.2 Å². The Morgan fingerprint density at radius 3 is 2.34 bits per heavy atom. The molecule has 1 aliphatic rings. The lowest BCUT2D eigenvalue weighted by molar-refractivity contribution is -0.141. The zero-order valence-corrected chi connectivity index (χ0v) is 17.6. The molecule has 1 aromatic heterocycles. The number of rotatable bonds is 6. The Balaban J connectivity index is 1.81. The standard InChI is InChI=1S/C21H18F7N5O2/c22-12-5-11(20(23,24)25)6-14(7-12)35-15-9-33(10-15)16-1-2-17(21(26,27)28)32-18(16)19(34)31-13(8-30)3-4-29/h1-8,15H,9-10,29-30H2,(H,31,34)/b4-3-,13-8+. The molecule has 1 aliphatic heterocycles. The number of amides is 1. The van der Waals surface area contributed by atoms with Crippen LogP contribution >= 0.6 is 0 Å². The van der Waals surface area contributed by atoms with Gasteiger partial charge >= 0.3 is 12.4 Å². The molecule has 7 nitrogen and oxygen atoms in total. The number of halogens is 7. The van der Waals surface area contributed by atoms with Crippen molar-refractivity contribution in [3.05, 3.63) is 77.3 Å². The van der Waals surface area contributed by atoms with Gasteiger partial charge in [0.15, 0.2) is 5.69 Å². The van der Waals surface area contributed by atoms with Crippen LogP contribution in [-0.2, 0) is 12.4 Å². The zero-order chi connectivity index (χ0) is 26.0. The Kier molecular flexibility index (Phi) is 7.12. The average Bonchev–Trinajstić information content (AvgIpc) is 2.73. The Labute approximate surface area is 193 Å². The largest absolute Gasteiger partial charge is 0.487 e. The molecule has 0 radical (unpaired) electrons. The second-order valence-corrected chi connectivity index (χ2v) is 7.32. The third-order valence-corrected chi connectivity index (χ3v) is 4.78. The topological polar surface area (TPSA) is 106 Å². The number of hydrogen-bond acceptors (Lipinski definition) is 6. The number of nitrogens with one attached hydrogen (secondary N) is 1. The van der Waals surface area contributed by atoms with E-state index in [9.17, 15) is 35.5 Å². The highest BCUT2D eigenvalue weighted by molar-refractivity contribution is 5.99. The molecule has 0 spiro atoms. The number of nitrogens with two attached hydrogens (primary N) is 2. The Morgan fingerprint density at radius 1 is 1.09 bits per heavy atom. The van der Waals surface area contributed by atoms with Crippen LogP contribution in [0.15, 0.2) is 54.5 Å². The molecule has 0 atom stereocenters. The minimum Gasteiger partial charge on any atom is -0.487 e. The van der Waals surface area contributed by atoms with Crippen molar-refractivity contribution in [3.63, 3.8) is 0 Å². The smallest absolute Gasteiger partial charge is 0.433 e. The van der Waals surface area contributed by atoms with Gasteiger partial charge < -0.3 is 26.4 Å². The number of carbonyl (C=O) groups excluding carboxylic acids is 1. The predicted molar refractivity (Wildman–Crippen MR) is 110 cm³/mol.